The number of hydrogen-bond donors (Lipinski definition) is 0. The highest BCUT2D eigenvalue weighted by atomic mass is 35.5. The molecule has 2 aromatic carbocycles. The van der Waals surface area contributed by atoms with E-state index in [1.807, 2.05) is 49.4 Å². The van der Waals surface area contributed by atoms with Crippen LogP contribution in [0.5, 0.6) is 0 Å². The quantitative estimate of drug-likeness (QED) is 0.334. The van der Waals surface area contributed by atoms with Gasteiger partial charge in [-0.05, 0) is 49.2 Å². The van der Waals surface area contributed by atoms with Gasteiger partial charge in [-0.25, -0.2) is 0 Å². The molecule has 2 heterocycles. The van der Waals surface area contributed by atoms with Crippen molar-refractivity contribution < 1.29 is 18.7 Å². The van der Waals surface area contributed by atoms with E-state index in [1.165, 1.54) is 0 Å². The number of amides is 2. The third kappa shape index (κ3) is 8.08. The highest BCUT2D eigenvalue weighted by Crippen LogP contribution is 2.23. The molecule has 0 unspecified atom stereocenters. The third-order valence-electron chi connectivity index (χ3n) is 6.58. The maximum absolute atomic E-state index is 13.7. The van der Waals surface area contributed by atoms with Gasteiger partial charge in [0.2, 0.25) is 5.91 Å². The molecule has 1 aliphatic heterocycles. The Bertz CT molecular complexity index is 1210. The molecule has 0 aliphatic carbocycles. The van der Waals surface area contributed by atoms with Gasteiger partial charge < -0.3 is 19.0 Å². The topological polar surface area (TPSA) is 66.2 Å². The summed E-state index contributed by atoms with van der Waals surface area (Å²) >= 11 is 12.3. The van der Waals surface area contributed by atoms with E-state index < -0.39 is 0 Å². The van der Waals surface area contributed by atoms with Crippen molar-refractivity contribution in [3.8, 4) is 0 Å². The molecule has 1 saturated heterocycles. The van der Waals surface area contributed by atoms with Gasteiger partial charge in [-0.3, -0.25) is 14.5 Å². The Labute approximate surface area is 233 Å². The zero-order valence-electron chi connectivity index (χ0n) is 21.6. The van der Waals surface area contributed by atoms with Gasteiger partial charge in [-0.2, -0.15) is 0 Å². The fraction of sp³-hybridized carbons (Fsp3) is 0.379. The molecule has 1 aliphatic rings. The average molecular weight is 559 g/mol. The molecule has 0 radical (unpaired) electrons. The average Bonchev–Trinajstić information content (AvgIpc) is 3.35. The number of carbonyl (C=O) groups excluding carboxylic acids is 2. The van der Waals surface area contributed by atoms with Crippen molar-refractivity contribution in [2.75, 3.05) is 52.5 Å². The van der Waals surface area contributed by atoms with E-state index in [1.54, 1.807) is 28.0 Å². The van der Waals surface area contributed by atoms with E-state index in [9.17, 15) is 9.59 Å². The summed E-state index contributed by atoms with van der Waals surface area (Å²) in [6.45, 7) is 6.61. The van der Waals surface area contributed by atoms with Crippen LogP contribution in [0, 0.1) is 6.92 Å². The first kappa shape index (κ1) is 28.2. The van der Waals surface area contributed by atoms with Crippen molar-refractivity contribution >= 4 is 35.0 Å². The van der Waals surface area contributed by atoms with Crippen molar-refractivity contribution in [3.63, 3.8) is 0 Å². The summed E-state index contributed by atoms with van der Waals surface area (Å²) in [7, 11) is 0. The van der Waals surface area contributed by atoms with Crippen LogP contribution in [0.15, 0.2) is 65.1 Å². The van der Waals surface area contributed by atoms with E-state index in [4.69, 9.17) is 32.4 Å². The molecule has 1 aromatic heterocycles. The molecule has 0 bridgehead atoms. The maximum Gasteiger partial charge on any atom is 0.254 e. The largest absolute Gasteiger partial charge is 0.464 e. The molecule has 0 N–H and O–H groups in total. The SMILES string of the molecule is Cc1ccc(CN(CCc2ccccc2)C(=O)CN(CCN2CCOCC2)C(=O)c2ccc(Cl)c(Cl)c2)o1. The second-order valence-electron chi connectivity index (χ2n) is 9.37. The van der Waals surface area contributed by atoms with E-state index in [-0.39, 0.29) is 18.4 Å². The summed E-state index contributed by atoms with van der Waals surface area (Å²) in [5.41, 5.74) is 1.53. The van der Waals surface area contributed by atoms with E-state index >= 15 is 0 Å². The summed E-state index contributed by atoms with van der Waals surface area (Å²) in [6.07, 6.45) is 0.695. The van der Waals surface area contributed by atoms with Gasteiger partial charge in [0.15, 0.2) is 0 Å². The Kier molecular flexibility index (Phi) is 10.2. The summed E-state index contributed by atoms with van der Waals surface area (Å²) in [5, 5.41) is 0.676. The zero-order chi connectivity index (χ0) is 26.9. The fourth-order valence-electron chi connectivity index (χ4n) is 4.37. The summed E-state index contributed by atoms with van der Waals surface area (Å²) in [6, 6.07) is 18.6. The predicted molar refractivity (Wildman–Crippen MR) is 149 cm³/mol. The number of morpholine rings is 1. The van der Waals surface area contributed by atoms with Crippen LogP contribution < -0.4 is 0 Å². The van der Waals surface area contributed by atoms with Crippen molar-refractivity contribution in [2.45, 2.75) is 19.9 Å². The summed E-state index contributed by atoms with van der Waals surface area (Å²) in [4.78, 5) is 32.9. The maximum atomic E-state index is 13.7. The molecule has 38 heavy (non-hydrogen) atoms. The molecule has 0 spiro atoms. The second kappa shape index (κ2) is 13.8. The number of rotatable bonds is 11. The number of furan rings is 1. The van der Waals surface area contributed by atoms with Crippen LogP contribution in [0.1, 0.15) is 27.4 Å². The highest BCUT2D eigenvalue weighted by molar-refractivity contribution is 6.42. The number of carbonyl (C=O) groups is 2. The van der Waals surface area contributed by atoms with Crippen molar-refractivity contribution in [2.24, 2.45) is 0 Å². The minimum atomic E-state index is -0.262. The van der Waals surface area contributed by atoms with E-state index in [0.29, 0.717) is 67.2 Å². The Morgan fingerprint density at radius 1 is 0.921 bits per heavy atom. The number of nitrogens with zero attached hydrogens (tertiary/aromatic N) is 3. The lowest BCUT2D eigenvalue weighted by Gasteiger charge is -2.31. The van der Waals surface area contributed by atoms with Crippen LogP contribution in [-0.2, 0) is 22.5 Å². The Hall–Kier alpha value is -2.84. The minimum absolute atomic E-state index is 0.0576. The van der Waals surface area contributed by atoms with Crippen LogP contribution in [-0.4, -0.2) is 79.0 Å². The summed E-state index contributed by atoms with van der Waals surface area (Å²) in [5.74, 6) is 1.09. The smallest absolute Gasteiger partial charge is 0.254 e. The molecule has 0 saturated carbocycles. The first-order chi connectivity index (χ1) is 18.4. The zero-order valence-corrected chi connectivity index (χ0v) is 23.1. The van der Waals surface area contributed by atoms with Crippen molar-refractivity contribution in [1.82, 2.24) is 14.7 Å². The fourth-order valence-corrected chi connectivity index (χ4v) is 4.67. The Morgan fingerprint density at radius 3 is 2.37 bits per heavy atom. The van der Waals surface area contributed by atoms with Gasteiger partial charge in [0.05, 0.1) is 29.8 Å². The third-order valence-corrected chi connectivity index (χ3v) is 7.32. The van der Waals surface area contributed by atoms with Gasteiger partial charge in [-0.15, -0.1) is 0 Å². The van der Waals surface area contributed by atoms with Gasteiger partial charge in [0.1, 0.15) is 18.1 Å². The van der Waals surface area contributed by atoms with Gasteiger partial charge >= 0.3 is 0 Å². The summed E-state index contributed by atoms with van der Waals surface area (Å²) < 4.78 is 11.2. The standard InChI is InChI=1S/C29H33Cl2N3O4/c1-22-7-9-25(38-22)20-33(12-11-23-5-3-2-4-6-23)28(35)21-34(14-13-32-15-17-37-18-16-32)29(36)24-8-10-26(30)27(31)19-24/h2-10,19H,11-18,20-21H2,1H3. The van der Waals surface area contributed by atoms with Gasteiger partial charge in [-0.1, -0.05) is 53.5 Å². The number of ether oxygens (including phenoxy) is 1. The van der Waals surface area contributed by atoms with Gasteiger partial charge in [0, 0.05) is 38.3 Å². The second-order valence-corrected chi connectivity index (χ2v) is 10.2. The molecule has 1 fully saturated rings. The molecule has 4 rings (SSSR count). The van der Waals surface area contributed by atoms with Crippen LogP contribution in [0.4, 0.5) is 0 Å². The van der Waals surface area contributed by atoms with E-state index in [0.717, 1.165) is 24.4 Å². The molecule has 202 valence electrons. The van der Waals surface area contributed by atoms with Crippen LogP contribution in [0.3, 0.4) is 0 Å². The number of halogens is 2. The lowest BCUT2D eigenvalue weighted by molar-refractivity contribution is -0.132. The molecule has 2 amide bonds. The number of aryl methyl sites for hydroxylation is 1. The number of benzene rings is 2. The molecule has 3 aromatic rings. The predicted octanol–water partition coefficient (Wildman–Crippen LogP) is 4.94. The molecule has 7 nitrogen and oxygen atoms in total. The van der Waals surface area contributed by atoms with Crippen LogP contribution in [0.25, 0.3) is 0 Å². The lowest BCUT2D eigenvalue weighted by Crippen LogP contribution is -2.47. The van der Waals surface area contributed by atoms with Crippen molar-refractivity contribution in [1.29, 1.82) is 0 Å². The first-order valence-electron chi connectivity index (χ1n) is 12.8. The minimum Gasteiger partial charge on any atom is -0.464 e. The van der Waals surface area contributed by atoms with Crippen LogP contribution in [0.2, 0.25) is 10.0 Å². The van der Waals surface area contributed by atoms with Crippen molar-refractivity contribution in [3.05, 3.63) is 93.4 Å². The Morgan fingerprint density at radius 2 is 1.68 bits per heavy atom. The number of hydrogen-bond acceptors (Lipinski definition) is 5. The molecule has 9 heteroatoms. The van der Waals surface area contributed by atoms with Gasteiger partial charge in [0.25, 0.3) is 5.91 Å². The molecule has 0 atom stereocenters. The van der Waals surface area contributed by atoms with E-state index in [2.05, 4.69) is 4.90 Å². The Balaban J connectivity index is 1.51. The van der Waals surface area contributed by atoms with Crippen LogP contribution >= 0.6 is 23.2 Å². The first-order valence-corrected chi connectivity index (χ1v) is 13.6. The normalized spacial score (nSPS) is 13.9. The molecular weight excluding hydrogens is 525 g/mol. The lowest BCUT2D eigenvalue weighted by atomic mass is 10.1. The monoisotopic (exact) mass is 557 g/mol. The molecular formula is C29H33Cl2N3O4. The highest BCUT2D eigenvalue weighted by Gasteiger charge is 2.25.